The fourth-order valence-electron chi connectivity index (χ4n) is 1.13. The molecule has 1 heterocycles. The molecule has 0 aliphatic carbocycles. The van der Waals surface area contributed by atoms with Crippen LogP contribution in [0.5, 0.6) is 0 Å². The molecule has 1 aromatic rings. The molecule has 1 atom stereocenters. The van der Waals surface area contributed by atoms with Gasteiger partial charge in [-0.05, 0) is 55.8 Å². The maximum absolute atomic E-state index is 10.2. The molecule has 0 saturated carbocycles. The van der Waals surface area contributed by atoms with E-state index >= 15 is 0 Å². The zero-order valence-electron chi connectivity index (χ0n) is 9.60. The number of hydrogen-bond acceptors (Lipinski definition) is 3. The van der Waals surface area contributed by atoms with Gasteiger partial charge in [-0.2, -0.15) is 0 Å². The van der Waals surface area contributed by atoms with Crippen molar-refractivity contribution in [2.75, 3.05) is 6.54 Å². The number of nitrogens with one attached hydrogen (secondary N) is 1. The zero-order valence-corrected chi connectivity index (χ0v) is 11.2. The summed E-state index contributed by atoms with van der Waals surface area (Å²) in [6, 6.07) is 3.55. The van der Waals surface area contributed by atoms with E-state index in [9.17, 15) is 5.11 Å². The average molecular weight is 276 g/mol. The summed E-state index contributed by atoms with van der Waals surface area (Å²) in [7, 11) is 0. The highest BCUT2D eigenvalue weighted by Gasteiger charge is 2.28. The lowest BCUT2D eigenvalue weighted by molar-refractivity contribution is 0.0276. The summed E-state index contributed by atoms with van der Waals surface area (Å²) in [5, 5.41) is 13.4. The van der Waals surface area contributed by atoms with Gasteiger partial charge in [0.15, 0.2) is 4.67 Å². The van der Waals surface area contributed by atoms with Crippen LogP contribution in [0.3, 0.4) is 0 Å². The van der Waals surface area contributed by atoms with Crippen LogP contribution in [0.4, 0.5) is 0 Å². The standard InChI is InChI=1S/C11H18BrNO2/c1-10(2,3)13-7-11(4,14)8-5-6-9(12)15-8/h5-6,13-14H,7H2,1-4H3. The normalized spacial score (nSPS) is 16.4. The predicted molar refractivity (Wildman–Crippen MR) is 63.7 cm³/mol. The summed E-state index contributed by atoms with van der Waals surface area (Å²) in [6.07, 6.45) is 0. The second kappa shape index (κ2) is 4.28. The van der Waals surface area contributed by atoms with Gasteiger partial charge in [0.25, 0.3) is 0 Å². The first-order valence-corrected chi connectivity index (χ1v) is 5.73. The summed E-state index contributed by atoms with van der Waals surface area (Å²) in [5.41, 5.74) is -1.01. The first kappa shape index (κ1) is 12.7. The molecule has 0 aliphatic rings. The second-order valence-corrected chi connectivity index (χ2v) is 5.76. The molecular formula is C11H18BrNO2. The van der Waals surface area contributed by atoms with Crippen LogP contribution in [0.2, 0.25) is 0 Å². The van der Waals surface area contributed by atoms with E-state index < -0.39 is 5.60 Å². The summed E-state index contributed by atoms with van der Waals surface area (Å²) >= 11 is 3.22. The summed E-state index contributed by atoms with van der Waals surface area (Å²) in [4.78, 5) is 0. The van der Waals surface area contributed by atoms with Crippen molar-refractivity contribution in [3.05, 3.63) is 22.6 Å². The summed E-state index contributed by atoms with van der Waals surface area (Å²) in [5.74, 6) is 0.561. The third kappa shape index (κ3) is 3.97. The molecule has 15 heavy (non-hydrogen) atoms. The molecule has 0 radical (unpaired) electrons. The van der Waals surface area contributed by atoms with Crippen LogP contribution in [0, 0.1) is 0 Å². The van der Waals surface area contributed by atoms with Gasteiger partial charge in [-0.25, -0.2) is 0 Å². The van der Waals surface area contributed by atoms with Gasteiger partial charge in [0.2, 0.25) is 0 Å². The smallest absolute Gasteiger partial charge is 0.169 e. The largest absolute Gasteiger partial charge is 0.451 e. The maximum atomic E-state index is 10.2. The van der Waals surface area contributed by atoms with Crippen LogP contribution >= 0.6 is 15.9 Å². The lowest BCUT2D eigenvalue weighted by Gasteiger charge is -2.27. The molecule has 86 valence electrons. The predicted octanol–water partition coefficient (Wildman–Crippen LogP) is 2.64. The number of halogens is 1. The Balaban J connectivity index is 2.67. The fraction of sp³-hybridized carbons (Fsp3) is 0.636. The maximum Gasteiger partial charge on any atom is 0.169 e. The zero-order chi connectivity index (χ0) is 11.7. The van der Waals surface area contributed by atoms with Crippen LogP contribution in [-0.2, 0) is 5.60 Å². The van der Waals surface area contributed by atoms with Crippen LogP contribution in [0.25, 0.3) is 0 Å². The summed E-state index contributed by atoms with van der Waals surface area (Å²) in [6.45, 7) is 8.36. The number of β-amino-alcohol motifs (C(OH)–C–C–N with tert-alkyl or cyclic N) is 1. The van der Waals surface area contributed by atoms with Crippen molar-refractivity contribution in [1.82, 2.24) is 5.32 Å². The van der Waals surface area contributed by atoms with Crippen LogP contribution < -0.4 is 5.32 Å². The minimum absolute atomic E-state index is 0.0200. The SMILES string of the molecule is CC(C)(C)NCC(C)(O)c1ccc(Br)o1. The van der Waals surface area contributed by atoms with E-state index in [1.54, 1.807) is 19.1 Å². The minimum atomic E-state index is -0.987. The van der Waals surface area contributed by atoms with Gasteiger partial charge in [0.1, 0.15) is 11.4 Å². The van der Waals surface area contributed by atoms with Gasteiger partial charge in [-0.3, -0.25) is 0 Å². The van der Waals surface area contributed by atoms with E-state index in [2.05, 4.69) is 42.0 Å². The Hall–Kier alpha value is -0.320. The Morgan fingerprint density at radius 2 is 1.93 bits per heavy atom. The molecule has 2 N–H and O–H groups in total. The highest BCUT2D eigenvalue weighted by atomic mass is 79.9. The Morgan fingerprint density at radius 1 is 1.33 bits per heavy atom. The molecule has 0 amide bonds. The van der Waals surface area contributed by atoms with Gasteiger partial charge in [-0.1, -0.05) is 0 Å². The Bertz CT molecular complexity index is 326. The van der Waals surface area contributed by atoms with Crippen molar-refractivity contribution in [2.45, 2.75) is 38.8 Å². The molecule has 0 aliphatic heterocycles. The van der Waals surface area contributed by atoms with Crippen LogP contribution in [0.15, 0.2) is 21.2 Å². The van der Waals surface area contributed by atoms with Gasteiger partial charge in [0, 0.05) is 12.1 Å². The number of furan rings is 1. The van der Waals surface area contributed by atoms with Gasteiger partial charge in [0.05, 0.1) is 0 Å². The quantitative estimate of drug-likeness (QED) is 0.892. The average Bonchev–Trinajstić information content (AvgIpc) is 2.48. The lowest BCUT2D eigenvalue weighted by Crippen LogP contribution is -2.44. The number of rotatable bonds is 3. The molecule has 0 bridgehead atoms. The molecule has 1 unspecified atom stereocenters. The molecule has 3 nitrogen and oxygen atoms in total. The van der Waals surface area contributed by atoms with E-state index in [-0.39, 0.29) is 5.54 Å². The topological polar surface area (TPSA) is 45.4 Å². The highest BCUT2D eigenvalue weighted by molar-refractivity contribution is 9.10. The highest BCUT2D eigenvalue weighted by Crippen LogP contribution is 2.25. The molecular weight excluding hydrogens is 258 g/mol. The Morgan fingerprint density at radius 3 is 2.33 bits per heavy atom. The van der Waals surface area contributed by atoms with E-state index in [0.29, 0.717) is 17.0 Å². The van der Waals surface area contributed by atoms with Crippen molar-refractivity contribution in [2.24, 2.45) is 0 Å². The Kier molecular flexibility index (Phi) is 3.63. The third-order valence-corrected chi connectivity index (χ3v) is 2.49. The Labute approximate surface area is 99.0 Å². The van der Waals surface area contributed by atoms with Crippen molar-refractivity contribution in [1.29, 1.82) is 0 Å². The van der Waals surface area contributed by atoms with Crippen molar-refractivity contribution in [3.8, 4) is 0 Å². The van der Waals surface area contributed by atoms with Gasteiger partial charge < -0.3 is 14.8 Å². The monoisotopic (exact) mass is 275 g/mol. The first-order valence-electron chi connectivity index (χ1n) is 4.94. The summed E-state index contributed by atoms with van der Waals surface area (Å²) < 4.78 is 5.97. The molecule has 0 aromatic carbocycles. The molecule has 0 spiro atoms. The molecule has 1 aromatic heterocycles. The third-order valence-electron chi connectivity index (χ3n) is 2.07. The second-order valence-electron chi connectivity index (χ2n) is 4.98. The van der Waals surface area contributed by atoms with Gasteiger partial charge in [-0.15, -0.1) is 0 Å². The van der Waals surface area contributed by atoms with E-state index in [0.717, 1.165) is 0 Å². The van der Waals surface area contributed by atoms with Gasteiger partial charge >= 0.3 is 0 Å². The van der Waals surface area contributed by atoms with Crippen molar-refractivity contribution in [3.63, 3.8) is 0 Å². The molecule has 4 heteroatoms. The van der Waals surface area contributed by atoms with E-state index in [1.165, 1.54) is 0 Å². The molecule has 1 rings (SSSR count). The molecule has 0 fully saturated rings. The lowest BCUT2D eigenvalue weighted by atomic mass is 10.0. The van der Waals surface area contributed by atoms with Crippen molar-refractivity contribution >= 4 is 15.9 Å². The van der Waals surface area contributed by atoms with E-state index in [1.807, 2.05) is 0 Å². The minimum Gasteiger partial charge on any atom is -0.451 e. The number of aliphatic hydroxyl groups is 1. The first-order chi connectivity index (χ1) is 6.71. The fourth-order valence-corrected chi connectivity index (χ4v) is 1.43. The van der Waals surface area contributed by atoms with E-state index in [4.69, 9.17) is 4.42 Å². The molecule has 0 saturated heterocycles. The van der Waals surface area contributed by atoms with Crippen molar-refractivity contribution < 1.29 is 9.52 Å². The van der Waals surface area contributed by atoms with Crippen LogP contribution in [0.1, 0.15) is 33.5 Å². The van der Waals surface area contributed by atoms with Crippen LogP contribution in [-0.4, -0.2) is 17.2 Å². The number of hydrogen-bond donors (Lipinski definition) is 2.